The zero-order chi connectivity index (χ0) is 22.3. The van der Waals surface area contributed by atoms with Crippen molar-refractivity contribution < 1.29 is 19.0 Å². The summed E-state index contributed by atoms with van der Waals surface area (Å²) in [6.45, 7) is 6.98. The fourth-order valence-electron chi connectivity index (χ4n) is 4.78. The number of ketones is 1. The summed E-state index contributed by atoms with van der Waals surface area (Å²) < 4.78 is 18.7. The van der Waals surface area contributed by atoms with Gasteiger partial charge in [-0.2, -0.15) is 0 Å². The summed E-state index contributed by atoms with van der Waals surface area (Å²) in [5, 5.41) is 2.29. The number of methoxy groups -OCH3 is 2. The van der Waals surface area contributed by atoms with Gasteiger partial charge in [-0.25, -0.2) is 0 Å². The van der Waals surface area contributed by atoms with Crippen molar-refractivity contribution >= 4 is 5.78 Å². The highest BCUT2D eigenvalue weighted by atomic mass is 16.5. The second-order valence-electron chi connectivity index (χ2n) is 8.83. The van der Waals surface area contributed by atoms with E-state index >= 15 is 0 Å². The molecule has 1 atom stereocenters. The third-order valence-electron chi connectivity index (χ3n) is 6.31. The van der Waals surface area contributed by atoms with Gasteiger partial charge in [0, 0.05) is 38.0 Å². The Hall–Kier alpha value is -2.80. The molecule has 0 amide bonds. The molecule has 31 heavy (non-hydrogen) atoms. The molecule has 0 unspecified atom stereocenters. The van der Waals surface area contributed by atoms with Crippen molar-refractivity contribution in [3.05, 3.63) is 45.7 Å². The summed E-state index contributed by atoms with van der Waals surface area (Å²) in [4.78, 5) is 24.8. The summed E-state index contributed by atoms with van der Waals surface area (Å²) in [5.74, 6) is 1.09. The Morgan fingerprint density at radius 2 is 1.94 bits per heavy atom. The summed E-state index contributed by atoms with van der Waals surface area (Å²) in [6.07, 6.45) is 4.45. The van der Waals surface area contributed by atoms with E-state index in [9.17, 15) is 9.59 Å². The lowest BCUT2D eigenvalue weighted by atomic mass is 9.93. The molecule has 2 aliphatic heterocycles. The van der Waals surface area contributed by atoms with Gasteiger partial charge in [0.15, 0.2) is 22.7 Å². The Morgan fingerprint density at radius 3 is 2.61 bits per heavy atom. The van der Waals surface area contributed by atoms with Crippen LogP contribution in [0.1, 0.15) is 62.0 Å². The molecule has 0 N–H and O–H groups in total. The van der Waals surface area contributed by atoms with E-state index in [0.29, 0.717) is 24.7 Å². The number of aromatic nitrogens is 1. The summed E-state index contributed by atoms with van der Waals surface area (Å²) in [5.41, 5.74) is 2.63. The molecule has 4 rings (SSSR count). The van der Waals surface area contributed by atoms with Gasteiger partial charge in [0.1, 0.15) is 0 Å². The molecular weight excluding hydrogens is 396 g/mol. The van der Waals surface area contributed by atoms with E-state index in [4.69, 9.17) is 14.2 Å². The van der Waals surface area contributed by atoms with Gasteiger partial charge in [-0.1, -0.05) is 0 Å². The molecule has 0 saturated carbocycles. The molecule has 7 heteroatoms. The van der Waals surface area contributed by atoms with E-state index in [1.807, 2.05) is 16.8 Å². The highest BCUT2D eigenvalue weighted by Gasteiger charge is 2.45. The van der Waals surface area contributed by atoms with Crippen LogP contribution >= 0.6 is 0 Å². The minimum atomic E-state index is -0.265. The SMILES string of the molecule is COCCCOc1cc2c(cc1OC)-c1cc(=O)c(C(C)=O)cn1N1[C@@H]2CCC1(C)C. The van der Waals surface area contributed by atoms with E-state index in [1.165, 1.54) is 6.92 Å². The number of pyridine rings is 1. The quantitative estimate of drug-likeness (QED) is 0.497. The molecule has 0 bridgehead atoms. The number of ether oxygens (including phenoxy) is 3. The highest BCUT2D eigenvalue weighted by molar-refractivity contribution is 5.94. The van der Waals surface area contributed by atoms with Gasteiger partial charge in [-0.05, 0) is 51.3 Å². The molecule has 2 aliphatic rings. The van der Waals surface area contributed by atoms with E-state index in [1.54, 1.807) is 26.5 Å². The van der Waals surface area contributed by atoms with Gasteiger partial charge in [0.25, 0.3) is 0 Å². The molecule has 3 heterocycles. The van der Waals surface area contributed by atoms with Crippen molar-refractivity contribution in [3.63, 3.8) is 0 Å². The Morgan fingerprint density at radius 1 is 1.16 bits per heavy atom. The molecule has 7 nitrogen and oxygen atoms in total. The maximum atomic E-state index is 12.7. The minimum Gasteiger partial charge on any atom is -0.493 e. The number of hydrogen-bond donors (Lipinski definition) is 0. The first-order chi connectivity index (χ1) is 14.8. The van der Waals surface area contributed by atoms with E-state index in [-0.39, 0.29) is 28.4 Å². The van der Waals surface area contributed by atoms with Crippen LogP contribution in [0.15, 0.2) is 29.2 Å². The molecule has 1 saturated heterocycles. The van der Waals surface area contributed by atoms with Gasteiger partial charge >= 0.3 is 0 Å². The Bertz CT molecular complexity index is 1070. The van der Waals surface area contributed by atoms with Crippen LogP contribution in [0.2, 0.25) is 0 Å². The largest absolute Gasteiger partial charge is 0.493 e. The number of fused-ring (bicyclic) bond motifs is 6. The lowest BCUT2D eigenvalue weighted by Gasteiger charge is -2.44. The molecule has 2 aromatic rings. The first kappa shape index (κ1) is 21.4. The van der Waals surface area contributed by atoms with Crippen molar-refractivity contribution in [2.75, 3.05) is 32.4 Å². The monoisotopic (exact) mass is 426 g/mol. The maximum absolute atomic E-state index is 12.7. The summed E-state index contributed by atoms with van der Waals surface area (Å²) in [6, 6.07) is 5.68. The molecular formula is C24H30N2O5. The third-order valence-corrected chi connectivity index (χ3v) is 6.31. The first-order valence-corrected chi connectivity index (χ1v) is 10.7. The lowest BCUT2D eigenvalue weighted by molar-refractivity contribution is 0.101. The lowest BCUT2D eigenvalue weighted by Crippen LogP contribution is -2.50. The fourth-order valence-corrected chi connectivity index (χ4v) is 4.78. The minimum absolute atomic E-state index is 0.118. The zero-order valence-electron chi connectivity index (χ0n) is 18.9. The smallest absolute Gasteiger partial charge is 0.193 e. The molecule has 1 aromatic heterocycles. The Balaban J connectivity index is 1.88. The Labute approximate surface area is 182 Å². The number of Topliss-reactive ketones (excluding diaryl/α,β-unsaturated/α-hetero) is 1. The fraction of sp³-hybridized carbons (Fsp3) is 0.500. The molecule has 0 radical (unpaired) electrons. The van der Waals surface area contributed by atoms with Crippen LogP contribution in [0.4, 0.5) is 0 Å². The number of rotatable bonds is 7. The number of carbonyl (C=O) groups excluding carboxylic acids is 1. The van der Waals surface area contributed by atoms with Crippen molar-refractivity contribution in [1.29, 1.82) is 0 Å². The average Bonchev–Trinajstić information content (AvgIpc) is 3.05. The van der Waals surface area contributed by atoms with Crippen LogP contribution in [-0.4, -0.2) is 43.4 Å². The number of carbonyl (C=O) groups is 1. The van der Waals surface area contributed by atoms with Gasteiger partial charge in [-0.15, -0.1) is 0 Å². The standard InChI is InChI=1S/C24H30N2O5/c1-15(27)18-14-25-20(13-21(18)28)17-11-22(30-5)23(31-10-6-9-29-4)12-16(17)19-7-8-24(2,3)26(19)25/h11-14,19H,6-10H2,1-5H3/t19-/m1/s1. The molecule has 0 aliphatic carbocycles. The molecule has 1 aromatic carbocycles. The van der Waals surface area contributed by atoms with Gasteiger partial charge in [0.2, 0.25) is 0 Å². The van der Waals surface area contributed by atoms with Gasteiger partial charge in [0.05, 0.1) is 36.6 Å². The Kier molecular flexibility index (Phi) is 5.56. The van der Waals surface area contributed by atoms with Gasteiger partial charge < -0.3 is 14.2 Å². The molecule has 1 fully saturated rings. The van der Waals surface area contributed by atoms with Crippen LogP contribution in [0.5, 0.6) is 11.5 Å². The van der Waals surface area contributed by atoms with Crippen LogP contribution < -0.4 is 19.9 Å². The van der Waals surface area contributed by atoms with E-state index < -0.39 is 0 Å². The average molecular weight is 427 g/mol. The molecule has 166 valence electrons. The zero-order valence-corrected chi connectivity index (χ0v) is 18.9. The maximum Gasteiger partial charge on any atom is 0.193 e. The first-order valence-electron chi connectivity index (χ1n) is 10.7. The van der Waals surface area contributed by atoms with Crippen molar-refractivity contribution in [1.82, 2.24) is 4.68 Å². The van der Waals surface area contributed by atoms with Crippen molar-refractivity contribution in [2.45, 2.75) is 51.6 Å². The number of nitrogens with zero attached hydrogens (tertiary/aromatic N) is 2. The predicted octanol–water partition coefficient (Wildman–Crippen LogP) is 3.71. The van der Waals surface area contributed by atoms with Crippen LogP contribution in [-0.2, 0) is 4.74 Å². The summed E-state index contributed by atoms with van der Waals surface area (Å²) in [7, 11) is 3.29. The summed E-state index contributed by atoms with van der Waals surface area (Å²) >= 11 is 0. The second-order valence-corrected chi connectivity index (χ2v) is 8.83. The van der Waals surface area contributed by atoms with Crippen LogP contribution in [0.25, 0.3) is 11.3 Å². The number of benzene rings is 1. The predicted molar refractivity (Wildman–Crippen MR) is 119 cm³/mol. The molecule has 0 spiro atoms. The van der Waals surface area contributed by atoms with Crippen molar-refractivity contribution in [2.24, 2.45) is 0 Å². The normalized spacial score (nSPS) is 18.2. The van der Waals surface area contributed by atoms with Gasteiger partial charge in [-0.3, -0.25) is 19.3 Å². The topological polar surface area (TPSA) is 70.0 Å². The van der Waals surface area contributed by atoms with Crippen LogP contribution in [0, 0.1) is 0 Å². The van der Waals surface area contributed by atoms with Crippen LogP contribution in [0.3, 0.4) is 0 Å². The second kappa shape index (κ2) is 8.04. The third kappa shape index (κ3) is 3.61. The van der Waals surface area contributed by atoms with Crippen molar-refractivity contribution in [3.8, 4) is 22.8 Å². The number of hydrogen-bond acceptors (Lipinski definition) is 6. The van der Waals surface area contributed by atoms with E-state index in [2.05, 4.69) is 18.9 Å². The highest BCUT2D eigenvalue weighted by Crippen LogP contribution is 2.50. The van der Waals surface area contributed by atoms with E-state index in [0.717, 1.165) is 36.1 Å².